The molecule has 3 aromatic carbocycles. The van der Waals surface area contributed by atoms with Crippen LogP contribution in [0.2, 0.25) is 0 Å². The monoisotopic (exact) mass is 565 g/mol. The summed E-state index contributed by atoms with van der Waals surface area (Å²) in [4.78, 5) is 34.6. The molecule has 9 nitrogen and oxygen atoms in total. The van der Waals surface area contributed by atoms with Gasteiger partial charge in [0.25, 0.3) is 0 Å². The van der Waals surface area contributed by atoms with Crippen LogP contribution in [0.5, 0.6) is 0 Å². The minimum atomic E-state index is -1.01. The summed E-state index contributed by atoms with van der Waals surface area (Å²) in [6, 6.07) is 21.9. The lowest BCUT2D eigenvalue weighted by molar-refractivity contribution is -0.245. The molecule has 1 aliphatic rings. The summed E-state index contributed by atoms with van der Waals surface area (Å²) in [5.41, 5.74) is 3.71. The van der Waals surface area contributed by atoms with E-state index in [9.17, 15) is 19.5 Å². The van der Waals surface area contributed by atoms with Gasteiger partial charge in [0.1, 0.15) is 0 Å². The normalized spacial score (nSPS) is 18.7. The quantitative estimate of drug-likeness (QED) is 0.230. The van der Waals surface area contributed by atoms with Crippen LogP contribution in [0.4, 0.5) is 0 Å². The predicted octanol–water partition coefficient (Wildman–Crippen LogP) is 4.70. The molecule has 1 saturated heterocycles. The maximum atomic E-state index is 11.8. The minimum Gasteiger partial charge on any atom is -0.481 e. The van der Waals surface area contributed by atoms with Gasteiger partial charge in [-0.15, -0.1) is 11.8 Å². The highest BCUT2D eigenvalue weighted by molar-refractivity contribution is 7.99. The molecule has 1 amide bonds. The van der Waals surface area contributed by atoms with Gasteiger partial charge in [-0.3, -0.25) is 9.59 Å². The van der Waals surface area contributed by atoms with Crippen molar-refractivity contribution in [1.29, 1.82) is 0 Å². The molecule has 4 rings (SSSR count). The lowest BCUT2D eigenvalue weighted by Gasteiger charge is -2.36. The van der Waals surface area contributed by atoms with Crippen molar-refractivity contribution in [3.05, 3.63) is 101 Å². The van der Waals surface area contributed by atoms with Crippen molar-refractivity contribution in [2.24, 2.45) is 0 Å². The van der Waals surface area contributed by atoms with Crippen molar-refractivity contribution in [2.75, 3.05) is 5.75 Å². The number of aromatic carboxylic acids is 1. The molecule has 210 valence electrons. The molecular weight excluding hydrogens is 534 g/mol. The minimum absolute atomic E-state index is 0.0379. The molecule has 3 aromatic rings. The molecule has 0 bridgehead atoms. The number of hydrogen-bond donors (Lipinski definition) is 4. The molecule has 1 heterocycles. The van der Waals surface area contributed by atoms with E-state index in [0.717, 1.165) is 27.1 Å². The number of aliphatic hydroxyl groups is 1. The molecule has 10 heteroatoms. The molecule has 1 aliphatic heterocycles. The molecule has 3 atom stereocenters. The fraction of sp³-hybridized carbons (Fsp3) is 0.300. The van der Waals surface area contributed by atoms with Crippen molar-refractivity contribution >= 4 is 29.6 Å². The molecule has 4 N–H and O–H groups in total. The molecule has 40 heavy (non-hydrogen) atoms. The number of aliphatic carboxylic acids is 1. The largest absolute Gasteiger partial charge is 0.481 e. The number of carboxylic acid groups (broad SMARTS) is 2. The summed E-state index contributed by atoms with van der Waals surface area (Å²) in [7, 11) is 0. The lowest BCUT2D eigenvalue weighted by Crippen LogP contribution is -2.31. The topological polar surface area (TPSA) is 142 Å². The van der Waals surface area contributed by atoms with Gasteiger partial charge in [-0.2, -0.15) is 0 Å². The van der Waals surface area contributed by atoms with Gasteiger partial charge in [0.15, 0.2) is 6.29 Å². The Morgan fingerprint density at radius 2 is 1.48 bits per heavy atom. The van der Waals surface area contributed by atoms with Crippen LogP contribution in [0.1, 0.15) is 64.3 Å². The number of aliphatic hydroxyl groups excluding tert-OH is 1. The molecule has 0 saturated carbocycles. The lowest BCUT2D eigenvalue weighted by atomic mass is 10.0. The molecular formula is C30H31NO8S. The first kappa shape index (κ1) is 29.3. The predicted molar refractivity (Wildman–Crippen MR) is 148 cm³/mol. The third-order valence-corrected chi connectivity index (χ3v) is 7.60. The number of hydrogen-bond acceptors (Lipinski definition) is 7. The Morgan fingerprint density at radius 1 is 0.825 bits per heavy atom. The molecule has 0 aliphatic carbocycles. The van der Waals surface area contributed by atoms with Gasteiger partial charge in [0, 0.05) is 35.6 Å². The van der Waals surface area contributed by atoms with E-state index >= 15 is 0 Å². The summed E-state index contributed by atoms with van der Waals surface area (Å²) < 4.78 is 12.7. The number of rotatable bonds is 12. The maximum absolute atomic E-state index is 11.8. The maximum Gasteiger partial charge on any atom is 0.335 e. The molecule has 1 fully saturated rings. The second-order valence-electron chi connectivity index (χ2n) is 9.40. The highest BCUT2D eigenvalue weighted by atomic mass is 32.2. The molecule has 0 radical (unpaired) electrons. The van der Waals surface area contributed by atoms with E-state index in [1.807, 2.05) is 48.5 Å². The Hall–Kier alpha value is -3.70. The smallest absolute Gasteiger partial charge is 0.335 e. The van der Waals surface area contributed by atoms with Gasteiger partial charge >= 0.3 is 11.9 Å². The highest BCUT2D eigenvalue weighted by Gasteiger charge is 2.32. The number of thioether (sulfide) groups is 1. The van der Waals surface area contributed by atoms with Crippen LogP contribution in [0.25, 0.3) is 0 Å². The molecule has 0 unspecified atom stereocenters. The van der Waals surface area contributed by atoms with Gasteiger partial charge in [-0.05, 0) is 41.0 Å². The molecule has 0 aromatic heterocycles. The first-order chi connectivity index (χ1) is 19.3. The van der Waals surface area contributed by atoms with Crippen LogP contribution in [0.3, 0.4) is 0 Å². The zero-order chi connectivity index (χ0) is 28.5. The first-order valence-corrected chi connectivity index (χ1v) is 13.8. The zero-order valence-electron chi connectivity index (χ0n) is 21.7. The average Bonchev–Trinajstić information content (AvgIpc) is 2.98. The van der Waals surface area contributed by atoms with Crippen LogP contribution in [0, 0.1) is 0 Å². The number of amides is 1. The average molecular weight is 566 g/mol. The van der Waals surface area contributed by atoms with Crippen molar-refractivity contribution in [2.45, 2.75) is 55.8 Å². The fourth-order valence-electron chi connectivity index (χ4n) is 4.21. The Labute approximate surface area is 236 Å². The van der Waals surface area contributed by atoms with Gasteiger partial charge in [0.05, 0.1) is 30.8 Å². The Bertz CT molecular complexity index is 1290. The summed E-state index contributed by atoms with van der Waals surface area (Å²) in [6.45, 7) is 0.245. The number of carboxylic acids is 2. The van der Waals surface area contributed by atoms with Crippen molar-refractivity contribution in [1.82, 2.24) is 5.32 Å². The summed E-state index contributed by atoms with van der Waals surface area (Å²) >= 11 is 1.58. The second-order valence-corrected chi connectivity index (χ2v) is 10.5. The van der Waals surface area contributed by atoms with E-state index in [2.05, 4.69) is 5.32 Å². The van der Waals surface area contributed by atoms with E-state index in [1.165, 1.54) is 0 Å². The third kappa shape index (κ3) is 8.40. The summed E-state index contributed by atoms with van der Waals surface area (Å²) in [6.07, 6.45) is -0.678. The van der Waals surface area contributed by atoms with E-state index in [4.69, 9.17) is 19.7 Å². The Morgan fingerprint density at radius 3 is 2.10 bits per heavy atom. The van der Waals surface area contributed by atoms with E-state index in [-0.39, 0.29) is 49.7 Å². The third-order valence-electron chi connectivity index (χ3n) is 6.46. The Balaban J connectivity index is 1.43. The number of carbonyl (C=O) groups is 3. The number of carbonyl (C=O) groups excluding carboxylic acids is 1. The van der Waals surface area contributed by atoms with E-state index < -0.39 is 18.2 Å². The van der Waals surface area contributed by atoms with Crippen LogP contribution in [-0.4, -0.2) is 45.0 Å². The van der Waals surface area contributed by atoms with E-state index in [1.54, 1.807) is 36.0 Å². The highest BCUT2D eigenvalue weighted by Crippen LogP contribution is 2.39. The van der Waals surface area contributed by atoms with Crippen LogP contribution < -0.4 is 5.32 Å². The van der Waals surface area contributed by atoms with Gasteiger partial charge in [-0.1, -0.05) is 48.5 Å². The first-order valence-electron chi connectivity index (χ1n) is 12.8. The van der Waals surface area contributed by atoms with E-state index in [0.29, 0.717) is 12.2 Å². The fourth-order valence-corrected chi connectivity index (χ4v) is 5.13. The van der Waals surface area contributed by atoms with Gasteiger partial charge in [-0.25, -0.2) is 4.79 Å². The van der Waals surface area contributed by atoms with Crippen molar-refractivity contribution in [3.8, 4) is 0 Å². The Kier molecular flexibility index (Phi) is 10.3. The summed E-state index contributed by atoms with van der Waals surface area (Å²) in [5, 5.41) is 30.0. The van der Waals surface area contributed by atoms with Crippen LogP contribution in [0.15, 0.2) is 77.7 Å². The molecule has 0 spiro atoms. The number of benzene rings is 3. The van der Waals surface area contributed by atoms with Crippen LogP contribution in [-0.2, 0) is 32.2 Å². The number of nitrogens with one attached hydrogen (secondary N) is 1. The SMILES string of the molecule is O=C(O)CCC(=O)NCc1ccc([C@@H]2O[C@H](CSc3ccc(C(=O)O)cc3)C[C@H](c3ccc(CO)cc3)O2)cc1. The number of ether oxygens (including phenoxy) is 2. The van der Waals surface area contributed by atoms with Gasteiger partial charge < -0.3 is 30.1 Å². The zero-order valence-corrected chi connectivity index (χ0v) is 22.5. The van der Waals surface area contributed by atoms with Crippen molar-refractivity contribution < 1.29 is 39.2 Å². The van der Waals surface area contributed by atoms with Crippen molar-refractivity contribution in [3.63, 3.8) is 0 Å². The second kappa shape index (κ2) is 14.1. The standard InChI is InChI=1S/C30H31NO8S/c32-17-20-3-5-21(6-4-20)26-15-24(18-40-25-11-9-22(10-12-25)29(36)37)38-30(39-26)23-7-1-19(2-8-23)16-31-27(33)13-14-28(34)35/h1-12,24,26,30,32H,13-18H2,(H,31,33)(H,34,35)(H,36,37)/t24-,26+,30+/m0/s1. The van der Waals surface area contributed by atoms with Crippen LogP contribution >= 0.6 is 11.8 Å². The summed E-state index contributed by atoms with van der Waals surface area (Å²) in [5.74, 6) is -1.66. The van der Waals surface area contributed by atoms with Gasteiger partial charge in [0.2, 0.25) is 5.91 Å².